The van der Waals surface area contributed by atoms with Crippen molar-refractivity contribution in [3.05, 3.63) is 18.2 Å². The summed E-state index contributed by atoms with van der Waals surface area (Å²) >= 11 is 0. The third-order valence-electron chi connectivity index (χ3n) is 2.10. The highest BCUT2D eigenvalue weighted by Gasteiger charge is 2.12. The Labute approximate surface area is 77.8 Å². The zero-order valence-corrected chi connectivity index (χ0v) is 8.16. The molecule has 0 aliphatic rings. The second-order valence-corrected chi connectivity index (χ2v) is 3.47. The van der Waals surface area contributed by atoms with E-state index < -0.39 is 0 Å². The molecule has 0 radical (unpaired) electrons. The van der Waals surface area contributed by atoms with E-state index in [0.717, 1.165) is 0 Å². The van der Waals surface area contributed by atoms with Crippen molar-refractivity contribution in [2.24, 2.45) is 5.92 Å². The highest BCUT2D eigenvalue weighted by Crippen LogP contribution is 2.01. The molecule has 2 N–H and O–H groups in total. The first-order valence-corrected chi connectivity index (χ1v) is 4.40. The Bertz CT molecular complexity index is 266. The third kappa shape index (κ3) is 2.57. The molecule has 0 aliphatic heterocycles. The van der Waals surface area contributed by atoms with Gasteiger partial charge < -0.3 is 10.3 Å². The quantitative estimate of drug-likeness (QED) is 0.735. The molecule has 72 valence electrons. The summed E-state index contributed by atoms with van der Waals surface area (Å²) in [7, 11) is 0. The van der Waals surface area contributed by atoms with E-state index in [2.05, 4.69) is 29.1 Å². The Morgan fingerprint density at radius 3 is 2.69 bits per heavy atom. The second-order valence-electron chi connectivity index (χ2n) is 3.47. The van der Waals surface area contributed by atoms with E-state index in [1.807, 2.05) is 6.92 Å². The summed E-state index contributed by atoms with van der Waals surface area (Å²) in [5.41, 5.74) is 0.507. The molecule has 0 fully saturated rings. The Kier molecular flexibility index (Phi) is 3.06. The van der Waals surface area contributed by atoms with Gasteiger partial charge in [0.1, 0.15) is 5.69 Å². The van der Waals surface area contributed by atoms with Crippen LogP contribution in [0, 0.1) is 5.92 Å². The van der Waals surface area contributed by atoms with Gasteiger partial charge >= 0.3 is 0 Å². The van der Waals surface area contributed by atoms with E-state index in [1.54, 1.807) is 0 Å². The topological polar surface area (TPSA) is 57.8 Å². The molecule has 0 saturated heterocycles. The first-order valence-electron chi connectivity index (χ1n) is 4.40. The molecule has 1 rings (SSSR count). The summed E-state index contributed by atoms with van der Waals surface area (Å²) < 4.78 is 0. The monoisotopic (exact) mass is 181 g/mol. The molecule has 1 unspecified atom stereocenters. The molecule has 1 aromatic rings. The molecule has 4 heteroatoms. The summed E-state index contributed by atoms with van der Waals surface area (Å²) in [6.45, 7) is 6.12. The number of aromatic amines is 1. The Balaban J connectivity index is 2.52. The smallest absolute Gasteiger partial charge is 0.269 e. The van der Waals surface area contributed by atoms with Crippen LogP contribution in [0.5, 0.6) is 0 Å². The number of hydrogen-bond acceptors (Lipinski definition) is 2. The molecule has 4 nitrogen and oxygen atoms in total. The predicted octanol–water partition coefficient (Wildman–Crippen LogP) is 1.18. The maximum atomic E-state index is 11.4. The Hall–Kier alpha value is -1.32. The van der Waals surface area contributed by atoms with Crippen molar-refractivity contribution in [1.29, 1.82) is 0 Å². The number of carbonyl (C=O) groups excluding carboxylic acids is 1. The molecule has 1 heterocycles. The number of carbonyl (C=O) groups is 1. The molecule has 13 heavy (non-hydrogen) atoms. The minimum atomic E-state index is -0.0984. The molecule has 1 amide bonds. The van der Waals surface area contributed by atoms with E-state index in [4.69, 9.17) is 0 Å². The van der Waals surface area contributed by atoms with Crippen LogP contribution in [-0.2, 0) is 0 Å². The lowest BCUT2D eigenvalue weighted by Gasteiger charge is -2.16. The van der Waals surface area contributed by atoms with Crippen molar-refractivity contribution in [1.82, 2.24) is 15.3 Å². The molecular formula is C9H15N3O. The summed E-state index contributed by atoms with van der Waals surface area (Å²) in [5.74, 6) is 0.338. The van der Waals surface area contributed by atoms with Crippen molar-refractivity contribution in [3.8, 4) is 0 Å². The summed E-state index contributed by atoms with van der Waals surface area (Å²) in [6, 6.07) is 0.177. The zero-order valence-electron chi connectivity index (χ0n) is 8.16. The lowest BCUT2D eigenvalue weighted by Crippen LogP contribution is -2.36. The van der Waals surface area contributed by atoms with Crippen molar-refractivity contribution in [3.63, 3.8) is 0 Å². The van der Waals surface area contributed by atoms with Crippen LogP contribution in [0.4, 0.5) is 0 Å². The van der Waals surface area contributed by atoms with E-state index in [1.165, 1.54) is 12.5 Å². The van der Waals surface area contributed by atoms with Crippen LogP contribution in [0.1, 0.15) is 31.3 Å². The lowest BCUT2D eigenvalue weighted by atomic mass is 10.1. The number of nitrogens with zero attached hydrogens (tertiary/aromatic N) is 1. The molecule has 1 aromatic heterocycles. The van der Waals surface area contributed by atoms with Crippen molar-refractivity contribution < 1.29 is 4.79 Å². The molecule has 0 bridgehead atoms. The fraction of sp³-hybridized carbons (Fsp3) is 0.556. The fourth-order valence-electron chi connectivity index (χ4n) is 0.831. The summed E-state index contributed by atoms with van der Waals surface area (Å²) in [6.07, 6.45) is 3.01. The fourth-order valence-corrected chi connectivity index (χ4v) is 0.831. The number of aromatic nitrogens is 2. The van der Waals surface area contributed by atoms with Gasteiger partial charge in [-0.05, 0) is 12.8 Å². The maximum Gasteiger partial charge on any atom is 0.269 e. The largest absolute Gasteiger partial charge is 0.348 e. The van der Waals surface area contributed by atoms with E-state index in [-0.39, 0.29) is 11.9 Å². The van der Waals surface area contributed by atoms with Crippen LogP contribution in [0.15, 0.2) is 12.5 Å². The van der Waals surface area contributed by atoms with Crippen LogP contribution in [-0.4, -0.2) is 21.9 Å². The molecule has 0 saturated carbocycles. The third-order valence-corrected chi connectivity index (χ3v) is 2.10. The van der Waals surface area contributed by atoms with Gasteiger partial charge in [-0.25, -0.2) is 4.98 Å². The van der Waals surface area contributed by atoms with Gasteiger partial charge in [0.25, 0.3) is 5.91 Å². The average molecular weight is 181 g/mol. The van der Waals surface area contributed by atoms with Crippen LogP contribution in [0.3, 0.4) is 0 Å². The van der Waals surface area contributed by atoms with Crippen LogP contribution < -0.4 is 5.32 Å². The predicted molar refractivity (Wildman–Crippen MR) is 50.4 cm³/mol. The lowest BCUT2D eigenvalue weighted by molar-refractivity contribution is 0.0926. The van der Waals surface area contributed by atoms with E-state index in [0.29, 0.717) is 11.6 Å². The molecule has 1 atom stereocenters. The standard InChI is InChI=1S/C9H15N3O/c1-6(2)7(3)12-9(13)8-4-10-5-11-8/h4-7H,1-3H3,(H,10,11)(H,12,13). The molecular weight excluding hydrogens is 166 g/mol. The molecule has 0 spiro atoms. The number of hydrogen-bond donors (Lipinski definition) is 2. The van der Waals surface area contributed by atoms with Crippen molar-refractivity contribution in [2.75, 3.05) is 0 Å². The van der Waals surface area contributed by atoms with Gasteiger partial charge in [-0.15, -0.1) is 0 Å². The van der Waals surface area contributed by atoms with Gasteiger partial charge in [-0.2, -0.15) is 0 Å². The Morgan fingerprint density at radius 1 is 1.54 bits per heavy atom. The SMILES string of the molecule is CC(C)C(C)NC(=O)c1cnc[nH]1. The highest BCUT2D eigenvalue weighted by atomic mass is 16.1. The van der Waals surface area contributed by atoms with E-state index >= 15 is 0 Å². The van der Waals surface area contributed by atoms with Crippen LogP contribution in [0.2, 0.25) is 0 Å². The van der Waals surface area contributed by atoms with Crippen LogP contribution >= 0.6 is 0 Å². The van der Waals surface area contributed by atoms with Gasteiger partial charge in [0.05, 0.1) is 12.5 Å². The van der Waals surface area contributed by atoms with Gasteiger partial charge in [0.15, 0.2) is 0 Å². The van der Waals surface area contributed by atoms with Crippen molar-refractivity contribution >= 4 is 5.91 Å². The summed E-state index contributed by atoms with van der Waals surface area (Å²) in [4.78, 5) is 18.0. The first-order chi connectivity index (χ1) is 6.11. The van der Waals surface area contributed by atoms with Gasteiger partial charge in [-0.1, -0.05) is 13.8 Å². The number of H-pyrrole nitrogens is 1. The zero-order chi connectivity index (χ0) is 9.84. The van der Waals surface area contributed by atoms with E-state index in [9.17, 15) is 4.79 Å². The maximum absolute atomic E-state index is 11.4. The molecule has 0 aliphatic carbocycles. The first kappa shape index (κ1) is 9.77. The highest BCUT2D eigenvalue weighted by molar-refractivity contribution is 5.92. The van der Waals surface area contributed by atoms with Crippen molar-refractivity contribution in [2.45, 2.75) is 26.8 Å². The average Bonchev–Trinajstić information content (AvgIpc) is 2.55. The normalized spacial score (nSPS) is 12.9. The number of amides is 1. The van der Waals surface area contributed by atoms with Crippen LogP contribution in [0.25, 0.3) is 0 Å². The van der Waals surface area contributed by atoms with Gasteiger partial charge in [-0.3, -0.25) is 4.79 Å². The summed E-state index contributed by atoms with van der Waals surface area (Å²) in [5, 5.41) is 2.87. The number of rotatable bonds is 3. The van der Waals surface area contributed by atoms with Gasteiger partial charge in [0, 0.05) is 6.04 Å². The molecule has 0 aromatic carbocycles. The minimum absolute atomic E-state index is 0.0984. The minimum Gasteiger partial charge on any atom is -0.348 e. The number of nitrogens with one attached hydrogen (secondary N) is 2. The number of imidazole rings is 1. The Morgan fingerprint density at radius 2 is 2.23 bits per heavy atom. The second kappa shape index (κ2) is 4.07. The van der Waals surface area contributed by atoms with Gasteiger partial charge in [0.2, 0.25) is 0 Å².